The Morgan fingerprint density at radius 2 is 1.57 bits per heavy atom. The van der Waals surface area contributed by atoms with Gasteiger partial charge < -0.3 is 8.17 Å². The zero-order chi connectivity index (χ0) is 16.7. The van der Waals surface area contributed by atoms with Crippen molar-refractivity contribution in [1.82, 2.24) is 0 Å². The average molecular weight is 404 g/mol. The molecule has 0 spiro atoms. The summed E-state index contributed by atoms with van der Waals surface area (Å²) >= 11 is 0. The van der Waals surface area contributed by atoms with Crippen molar-refractivity contribution in [3.8, 4) is 0 Å². The van der Waals surface area contributed by atoms with Gasteiger partial charge in [0.25, 0.3) is 0 Å². The van der Waals surface area contributed by atoms with Crippen LogP contribution >= 0.6 is 0 Å². The maximum absolute atomic E-state index is 5.11. The number of nitrogens with zero attached hydrogens (tertiary/aromatic N) is 1. The van der Waals surface area contributed by atoms with E-state index in [1.54, 1.807) is 0 Å². The summed E-state index contributed by atoms with van der Waals surface area (Å²) in [5, 5.41) is 6.60. The Kier molecular flexibility index (Phi) is 6.49. The number of allylic oxidation sites excluding steroid dienone is 3. The summed E-state index contributed by atoms with van der Waals surface area (Å²) in [4.78, 5) is 0. The molecule has 126 valence electrons. The van der Waals surface area contributed by atoms with E-state index in [0.717, 1.165) is 9.52 Å². The zero-order valence-electron chi connectivity index (χ0n) is 17.8. The number of aryl methyl sites for hydroxylation is 1. The van der Waals surface area contributed by atoms with Gasteiger partial charge in [0.2, 0.25) is 0 Å². The standard InChI is InChI=1S/C20H28NSi.Zr.2H/c1-13-11-9-10-12-17(13)22-20(8)16(4)14(2)15(3)18(20)21-19(5,6)7;;;/h9-12H,1-8H3;;;/q-1;;2*-1. The quantitative estimate of drug-likeness (QED) is 0.590. The molecule has 1 aromatic carbocycles. The van der Waals surface area contributed by atoms with Crippen molar-refractivity contribution in [2.45, 2.75) is 66.0 Å². The molecular formula is C20H30NSiZr-3. The Morgan fingerprint density at radius 1 is 1.00 bits per heavy atom. The predicted molar refractivity (Wildman–Crippen MR) is 101 cm³/mol. The second-order valence-corrected chi connectivity index (χ2v) is 9.36. The van der Waals surface area contributed by atoms with Gasteiger partial charge in [-0.3, -0.25) is 0 Å². The fraction of sp³-hybridized carbons (Fsp3) is 0.500. The first-order chi connectivity index (χ1) is 10.1. The zero-order valence-corrected chi connectivity index (χ0v) is 19.2. The minimum atomic E-state index is -0.0427. The van der Waals surface area contributed by atoms with Crippen LogP contribution in [0.4, 0.5) is 0 Å². The molecule has 2 radical (unpaired) electrons. The summed E-state index contributed by atoms with van der Waals surface area (Å²) in [5.41, 5.74) is 6.90. The monoisotopic (exact) mass is 402 g/mol. The molecule has 1 aromatic rings. The van der Waals surface area contributed by atoms with Crippen LogP contribution in [0, 0.1) is 6.92 Å². The van der Waals surface area contributed by atoms with Crippen molar-refractivity contribution in [3.63, 3.8) is 0 Å². The van der Waals surface area contributed by atoms with E-state index in [0.29, 0.717) is 0 Å². The topological polar surface area (TPSA) is 14.1 Å². The first kappa shape index (κ1) is 20.6. The van der Waals surface area contributed by atoms with Gasteiger partial charge in [0.1, 0.15) is 0 Å². The van der Waals surface area contributed by atoms with Gasteiger partial charge in [-0.15, -0.1) is 5.54 Å². The van der Waals surface area contributed by atoms with Crippen molar-refractivity contribution in [2.24, 2.45) is 0 Å². The molecule has 1 unspecified atom stereocenters. The molecule has 0 fully saturated rings. The SMILES string of the molecule is CC1=C(C)C(C)([Si]c2ccccc2C)C([N-]C(C)(C)C)=C1C.[H-].[H-].[Zr]. The van der Waals surface area contributed by atoms with Crippen LogP contribution in [-0.2, 0) is 26.2 Å². The van der Waals surface area contributed by atoms with E-state index in [2.05, 4.69) is 79.7 Å². The smallest absolute Gasteiger partial charge is 0.0963 e. The van der Waals surface area contributed by atoms with Gasteiger partial charge >= 0.3 is 0 Å². The third kappa shape index (κ3) is 4.17. The van der Waals surface area contributed by atoms with E-state index in [1.807, 2.05) is 0 Å². The Labute approximate surface area is 166 Å². The Hall–Kier alpha value is -0.400. The summed E-state index contributed by atoms with van der Waals surface area (Å²) in [6, 6.07) is 8.75. The molecule has 0 saturated heterocycles. The van der Waals surface area contributed by atoms with Crippen molar-refractivity contribution < 1.29 is 29.1 Å². The van der Waals surface area contributed by atoms with Crippen molar-refractivity contribution in [2.75, 3.05) is 0 Å². The van der Waals surface area contributed by atoms with Crippen LogP contribution in [0.3, 0.4) is 0 Å². The Bertz CT molecular complexity index is 662. The predicted octanol–water partition coefficient (Wildman–Crippen LogP) is 5.52. The summed E-state index contributed by atoms with van der Waals surface area (Å²) < 4.78 is 0. The first-order valence-corrected chi connectivity index (χ1v) is 9.02. The van der Waals surface area contributed by atoms with Gasteiger partial charge in [0.15, 0.2) is 0 Å². The summed E-state index contributed by atoms with van der Waals surface area (Å²) in [7, 11) is 0.719. The Morgan fingerprint density at radius 3 is 2.09 bits per heavy atom. The van der Waals surface area contributed by atoms with E-state index in [9.17, 15) is 0 Å². The molecule has 0 aliphatic heterocycles. The largest absolute Gasteiger partial charge is 1.00 e. The molecule has 0 aromatic heterocycles. The molecule has 1 atom stereocenters. The molecule has 1 aliphatic rings. The summed E-state index contributed by atoms with van der Waals surface area (Å²) in [5.74, 6) is 0. The van der Waals surface area contributed by atoms with Gasteiger partial charge in [0, 0.05) is 26.2 Å². The number of hydrogen-bond donors (Lipinski definition) is 0. The van der Waals surface area contributed by atoms with Gasteiger partial charge in [-0.05, 0) is 32.7 Å². The van der Waals surface area contributed by atoms with Crippen LogP contribution in [0.1, 0.15) is 56.9 Å². The molecule has 0 heterocycles. The molecule has 2 rings (SSSR count). The first-order valence-electron chi connectivity index (χ1n) is 8.02. The van der Waals surface area contributed by atoms with E-state index >= 15 is 0 Å². The van der Waals surface area contributed by atoms with Gasteiger partial charge in [0.05, 0.1) is 9.52 Å². The normalized spacial score (nSPS) is 21.6. The second-order valence-electron chi connectivity index (χ2n) is 7.57. The van der Waals surface area contributed by atoms with Crippen molar-refractivity contribution in [1.29, 1.82) is 0 Å². The second kappa shape index (κ2) is 7.23. The number of hydrogen-bond acceptors (Lipinski definition) is 0. The van der Waals surface area contributed by atoms with E-state index in [4.69, 9.17) is 5.32 Å². The van der Waals surface area contributed by atoms with Gasteiger partial charge in [-0.2, -0.15) is 5.70 Å². The molecule has 23 heavy (non-hydrogen) atoms. The maximum Gasteiger partial charge on any atom is 0.0963 e. The van der Waals surface area contributed by atoms with E-state index < -0.39 is 0 Å². The number of rotatable bonds is 3. The molecule has 0 amide bonds. The van der Waals surface area contributed by atoms with Crippen LogP contribution < -0.4 is 5.19 Å². The molecular weight excluding hydrogens is 374 g/mol. The van der Waals surface area contributed by atoms with Crippen molar-refractivity contribution in [3.05, 3.63) is 57.6 Å². The summed E-state index contributed by atoms with van der Waals surface area (Å²) in [6.45, 7) is 17.9. The summed E-state index contributed by atoms with van der Waals surface area (Å²) in [6.07, 6.45) is 0. The maximum atomic E-state index is 5.11. The fourth-order valence-electron chi connectivity index (χ4n) is 3.05. The third-order valence-electron chi connectivity index (χ3n) is 4.68. The van der Waals surface area contributed by atoms with Crippen LogP contribution in [0.5, 0.6) is 0 Å². The van der Waals surface area contributed by atoms with Gasteiger partial charge in [-0.25, -0.2) is 0 Å². The molecule has 3 heteroatoms. The Balaban J connectivity index is 0. The van der Waals surface area contributed by atoms with Crippen molar-refractivity contribution >= 4 is 14.7 Å². The van der Waals surface area contributed by atoms with Crippen LogP contribution in [0.15, 0.2) is 46.7 Å². The van der Waals surface area contributed by atoms with E-state index in [1.165, 1.54) is 33.2 Å². The molecule has 1 aliphatic carbocycles. The molecule has 0 saturated carbocycles. The minimum Gasteiger partial charge on any atom is -1.00 e. The molecule has 1 nitrogen and oxygen atoms in total. The van der Waals surface area contributed by atoms with Crippen LogP contribution in [-0.4, -0.2) is 15.1 Å². The van der Waals surface area contributed by atoms with E-state index in [-0.39, 0.29) is 39.6 Å². The average Bonchev–Trinajstić information content (AvgIpc) is 2.56. The third-order valence-corrected chi connectivity index (χ3v) is 6.62. The minimum absolute atomic E-state index is 0. The molecule has 0 bridgehead atoms. The van der Waals surface area contributed by atoms with Gasteiger partial charge in [-0.1, -0.05) is 79.4 Å². The molecule has 0 N–H and O–H groups in total. The van der Waals surface area contributed by atoms with Crippen LogP contribution in [0.2, 0.25) is 5.04 Å². The fourth-order valence-corrected chi connectivity index (χ4v) is 4.79. The van der Waals surface area contributed by atoms with Crippen LogP contribution in [0.25, 0.3) is 5.32 Å². The number of benzene rings is 1.